The van der Waals surface area contributed by atoms with Crippen LogP contribution in [0.3, 0.4) is 0 Å². The summed E-state index contributed by atoms with van der Waals surface area (Å²) < 4.78 is 21.6. The largest absolute Gasteiger partial charge is 0.381 e. The molecule has 110 valence electrons. The molecule has 3 rings (SSSR count). The molecule has 0 N–H and O–H groups in total. The quantitative estimate of drug-likeness (QED) is 0.729. The highest BCUT2D eigenvalue weighted by atomic mass is 16.5. The lowest BCUT2D eigenvalue weighted by Crippen LogP contribution is -2.31. The van der Waals surface area contributed by atoms with Gasteiger partial charge in [0.15, 0.2) is 0 Å². The van der Waals surface area contributed by atoms with Crippen molar-refractivity contribution in [3.05, 3.63) is 35.4 Å². The minimum absolute atomic E-state index is 0.596. The summed E-state index contributed by atoms with van der Waals surface area (Å²) in [6.45, 7) is 6.35. The van der Waals surface area contributed by atoms with Crippen LogP contribution in [0.1, 0.15) is 11.1 Å². The maximum absolute atomic E-state index is 5.67. The molecular weight excluding hydrogens is 256 g/mol. The van der Waals surface area contributed by atoms with E-state index in [2.05, 4.69) is 24.3 Å². The van der Waals surface area contributed by atoms with Gasteiger partial charge in [-0.1, -0.05) is 24.3 Å². The maximum Gasteiger partial charge on any atom is 0.0717 e. The fraction of sp³-hybridized carbons (Fsp3) is 0.625. The normalized spacial score (nSPS) is 19.6. The van der Waals surface area contributed by atoms with Crippen LogP contribution in [-0.4, -0.2) is 39.6 Å². The molecule has 2 aliphatic rings. The predicted molar refractivity (Wildman–Crippen MR) is 74.4 cm³/mol. The lowest BCUT2D eigenvalue weighted by Gasteiger charge is -2.25. The lowest BCUT2D eigenvalue weighted by molar-refractivity contribution is -0.0748. The Labute approximate surface area is 120 Å². The molecule has 4 heteroatoms. The molecule has 2 saturated heterocycles. The summed E-state index contributed by atoms with van der Waals surface area (Å²) in [6, 6.07) is 8.45. The van der Waals surface area contributed by atoms with Crippen LogP contribution in [0.15, 0.2) is 24.3 Å². The van der Waals surface area contributed by atoms with E-state index in [0.717, 1.165) is 39.6 Å². The van der Waals surface area contributed by atoms with E-state index < -0.39 is 0 Å². The molecular formula is C16H22O4. The topological polar surface area (TPSA) is 36.9 Å². The average molecular weight is 278 g/mol. The van der Waals surface area contributed by atoms with Crippen molar-refractivity contribution in [3.8, 4) is 0 Å². The Bertz CT molecular complexity index is 356. The summed E-state index contributed by atoms with van der Waals surface area (Å²) in [5.74, 6) is 1.19. The molecule has 0 atom stereocenters. The van der Waals surface area contributed by atoms with Gasteiger partial charge in [-0.05, 0) is 11.1 Å². The van der Waals surface area contributed by atoms with Crippen LogP contribution in [-0.2, 0) is 32.2 Å². The summed E-state index contributed by atoms with van der Waals surface area (Å²) in [6.07, 6.45) is 0. The highest BCUT2D eigenvalue weighted by Gasteiger charge is 2.18. The Hall–Kier alpha value is -0.940. The molecule has 2 aliphatic heterocycles. The van der Waals surface area contributed by atoms with Gasteiger partial charge in [0.05, 0.1) is 52.9 Å². The van der Waals surface area contributed by atoms with Crippen molar-refractivity contribution in [1.82, 2.24) is 0 Å². The van der Waals surface area contributed by atoms with Gasteiger partial charge in [-0.2, -0.15) is 0 Å². The lowest BCUT2D eigenvalue weighted by atomic mass is 10.1. The molecule has 0 unspecified atom stereocenters. The SMILES string of the molecule is c1cc(COCC2COC2)ccc1COCC1COC1. The van der Waals surface area contributed by atoms with Crippen molar-refractivity contribution < 1.29 is 18.9 Å². The Morgan fingerprint density at radius 2 is 1.15 bits per heavy atom. The second-order valence-corrected chi connectivity index (χ2v) is 5.65. The smallest absolute Gasteiger partial charge is 0.0717 e. The van der Waals surface area contributed by atoms with Crippen LogP contribution < -0.4 is 0 Å². The van der Waals surface area contributed by atoms with E-state index in [1.807, 2.05) is 0 Å². The molecule has 0 amide bonds. The van der Waals surface area contributed by atoms with Crippen molar-refractivity contribution in [1.29, 1.82) is 0 Å². The van der Waals surface area contributed by atoms with Crippen molar-refractivity contribution in [3.63, 3.8) is 0 Å². The van der Waals surface area contributed by atoms with Crippen LogP contribution in [0.2, 0.25) is 0 Å². The third-order valence-corrected chi connectivity index (χ3v) is 3.68. The Morgan fingerprint density at radius 1 is 0.750 bits per heavy atom. The molecule has 0 aliphatic carbocycles. The van der Waals surface area contributed by atoms with E-state index in [1.54, 1.807) is 0 Å². The predicted octanol–water partition coefficient (Wildman–Crippen LogP) is 2.01. The zero-order valence-electron chi connectivity index (χ0n) is 11.8. The van der Waals surface area contributed by atoms with Crippen LogP contribution in [0.25, 0.3) is 0 Å². The molecule has 0 radical (unpaired) electrons. The summed E-state index contributed by atoms with van der Waals surface area (Å²) >= 11 is 0. The van der Waals surface area contributed by atoms with Gasteiger partial charge in [-0.25, -0.2) is 0 Å². The van der Waals surface area contributed by atoms with E-state index in [4.69, 9.17) is 18.9 Å². The standard InChI is InChI=1S/C16H22O4/c1-2-14(6-18-8-16-11-20-12-16)4-3-13(1)5-17-7-15-9-19-10-15/h1-4,15-16H,5-12H2. The number of rotatable bonds is 8. The fourth-order valence-electron chi connectivity index (χ4n) is 2.18. The monoisotopic (exact) mass is 278 g/mol. The summed E-state index contributed by atoms with van der Waals surface area (Å²) in [5.41, 5.74) is 2.42. The van der Waals surface area contributed by atoms with Gasteiger partial charge in [0.25, 0.3) is 0 Å². The van der Waals surface area contributed by atoms with Crippen LogP contribution >= 0.6 is 0 Å². The van der Waals surface area contributed by atoms with Crippen LogP contribution in [0.5, 0.6) is 0 Å². The Balaban J connectivity index is 1.33. The first kappa shape index (κ1) is 14.0. The van der Waals surface area contributed by atoms with E-state index in [9.17, 15) is 0 Å². The number of benzene rings is 1. The van der Waals surface area contributed by atoms with Gasteiger partial charge in [0, 0.05) is 11.8 Å². The third kappa shape index (κ3) is 4.03. The van der Waals surface area contributed by atoms with Crippen LogP contribution in [0, 0.1) is 11.8 Å². The van der Waals surface area contributed by atoms with E-state index in [0.29, 0.717) is 25.0 Å². The molecule has 0 saturated carbocycles. The molecule has 20 heavy (non-hydrogen) atoms. The minimum atomic E-state index is 0.596. The molecule has 0 spiro atoms. The molecule has 2 heterocycles. The van der Waals surface area contributed by atoms with Crippen molar-refractivity contribution in [2.45, 2.75) is 13.2 Å². The van der Waals surface area contributed by atoms with E-state index >= 15 is 0 Å². The molecule has 2 fully saturated rings. The highest BCUT2D eigenvalue weighted by Crippen LogP contribution is 2.13. The number of hydrogen-bond donors (Lipinski definition) is 0. The van der Waals surface area contributed by atoms with E-state index in [-0.39, 0.29) is 0 Å². The summed E-state index contributed by atoms with van der Waals surface area (Å²) in [4.78, 5) is 0. The first-order chi connectivity index (χ1) is 9.90. The van der Waals surface area contributed by atoms with Crippen molar-refractivity contribution in [2.75, 3.05) is 39.6 Å². The summed E-state index contributed by atoms with van der Waals surface area (Å²) in [5, 5.41) is 0. The molecule has 1 aromatic rings. The zero-order valence-corrected chi connectivity index (χ0v) is 11.8. The molecule has 1 aromatic carbocycles. The average Bonchev–Trinajstić information content (AvgIpc) is 2.37. The maximum atomic E-state index is 5.67. The van der Waals surface area contributed by atoms with Gasteiger partial charge in [0.1, 0.15) is 0 Å². The van der Waals surface area contributed by atoms with E-state index in [1.165, 1.54) is 11.1 Å². The Morgan fingerprint density at radius 3 is 1.45 bits per heavy atom. The molecule has 0 aromatic heterocycles. The number of hydrogen-bond acceptors (Lipinski definition) is 4. The van der Waals surface area contributed by atoms with Crippen molar-refractivity contribution >= 4 is 0 Å². The first-order valence-electron chi connectivity index (χ1n) is 7.29. The van der Waals surface area contributed by atoms with Crippen molar-refractivity contribution in [2.24, 2.45) is 11.8 Å². The van der Waals surface area contributed by atoms with Gasteiger partial charge >= 0.3 is 0 Å². The van der Waals surface area contributed by atoms with Gasteiger partial charge in [-0.15, -0.1) is 0 Å². The first-order valence-corrected chi connectivity index (χ1v) is 7.29. The highest BCUT2D eigenvalue weighted by molar-refractivity contribution is 5.21. The summed E-state index contributed by atoms with van der Waals surface area (Å²) in [7, 11) is 0. The second kappa shape index (κ2) is 7.18. The second-order valence-electron chi connectivity index (χ2n) is 5.65. The Kier molecular flexibility index (Phi) is 5.03. The van der Waals surface area contributed by atoms with Gasteiger partial charge in [0.2, 0.25) is 0 Å². The van der Waals surface area contributed by atoms with Gasteiger partial charge in [-0.3, -0.25) is 0 Å². The fourth-order valence-corrected chi connectivity index (χ4v) is 2.18. The minimum Gasteiger partial charge on any atom is -0.381 e. The van der Waals surface area contributed by atoms with Gasteiger partial charge < -0.3 is 18.9 Å². The number of ether oxygens (including phenoxy) is 4. The molecule has 4 nitrogen and oxygen atoms in total. The third-order valence-electron chi connectivity index (χ3n) is 3.68. The molecule has 0 bridgehead atoms. The zero-order chi connectivity index (χ0) is 13.6. The van der Waals surface area contributed by atoms with Crippen LogP contribution in [0.4, 0.5) is 0 Å².